The average molecular weight is 276 g/mol. The van der Waals surface area contributed by atoms with Crippen LogP contribution in [0.1, 0.15) is 23.7 Å². The Morgan fingerprint density at radius 2 is 2.44 bits per heavy atom. The van der Waals surface area contributed by atoms with Crippen LogP contribution in [-0.2, 0) is 0 Å². The fourth-order valence-electron chi connectivity index (χ4n) is 1.54. The van der Waals surface area contributed by atoms with Gasteiger partial charge in [-0.25, -0.2) is 4.99 Å². The molecule has 0 unspecified atom stereocenters. The number of benzene rings is 1. The summed E-state index contributed by atoms with van der Waals surface area (Å²) in [6.45, 7) is 1.56. The van der Waals surface area contributed by atoms with E-state index in [1.54, 1.807) is 30.4 Å². The van der Waals surface area contributed by atoms with E-state index < -0.39 is 0 Å². The van der Waals surface area contributed by atoms with Gasteiger partial charge < -0.3 is 0 Å². The maximum Gasteiger partial charge on any atom is 0.159 e. The molecule has 0 N–H and O–H groups in total. The van der Waals surface area contributed by atoms with E-state index in [1.807, 2.05) is 18.2 Å². The van der Waals surface area contributed by atoms with Crippen LogP contribution < -0.4 is 0 Å². The largest absolute Gasteiger partial charge is 0.295 e. The van der Waals surface area contributed by atoms with Crippen molar-refractivity contribution < 1.29 is 4.79 Å². The number of thioether (sulfide) groups is 2. The predicted molar refractivity (Wildman–Crippen MR) is 77.0 cm³/mol. The van der Waals surface area contributed by atoms with E-state index in [-0.39, 0.29) is 5.78 Å². The van der Waals surface area contributed by atoms with Gasteiger partial charge in [0.15, 0.2) is 5.78 Å². The third-order valence-electron chi connectivity index (χ3n) is 2.44. The first-order chi connectivity index (χ1) is 8.70. The Hall–Kier alpha value is -1.25. The van der Waals surface area contributed by atoms with Gasteiger partial charge in [0, 0.05) is 28.4 Å². The SMILES string of the molecule is CC(=O)c1ccc2c(c1)N=C(SCCC#N)CS2. The van der Waals surface area contributed by atoms with E-state index in [9.17, 15) is 4.79 Å². The summed E-state index contributed by atoms with van der Waals surface area (Å²) >= 11 is 3.35. The Morgan fingerprint density at radius 3 is 3.17 bits per heavy atom. The van der Waals surface area contributed by atoms with E-state index in [0.29, 0.717) is 12.0 Å². The predicted octanol–water partition coefficient (Wildman–Crippen LogP) is 3.67. The summed E-state index contributed by atoms with van der Waals surface area (Å²) in [6.07, 6.45) is 0.536. The monoisotopic (exact) mass is 276 g/mol. The van der Waals surface area contributed by atoms with Crippen molar-refractivity contribution in [2.45, 2.75) is 18.2 Å². The molecular formula is C13H12N2OS2. The second-order valence-electron chi connectivity index (χ2n) is 3.79. The van der Waals surface area contributed by atoms with Crippen molar-refractivity contribution in [1.29, 1.82) is 5.26 Å². The lowest BCUT2D eigenvalue weighted by Crippen LogP contribution is -2.03. The number of nitrogens with zero attached hydrogens (tertiary/aromatic N) is 2. The maximum atomic E-state index is 11.3. The summed E-state index contributed by atoms with van der Waals surface area (Å²) in [5.74, 6) is 1.68. The van der Waals surface area contributed by atoms with Crippen molar-refractivity contribution in [3.05, 3.63) is 23.8 Å². The molecule has 1 aromatic carbocycles. The summed E-state index contributed by atoms with van der Waals surface area (Å²) in [6, 6.07) is 7.77. The standard InChI is InChI=1S/C13H12N2OS2/c1-9(16)10-3-4-12-11(7-10)15-13(8-18-12)17-6-2-5-14/h3-4,7H,2,6,8H2,1H3. The van der Waals surface area contributed by atoms with Gasteiger partial charge in [0.05, 0.1) is 16.8 Å². The highest BCUT2D eigenvalue weighted by Gasteiger charge is 2.14. The molecule has 2 rings (SSSR count). The van der Waals surface area contributed by atoms with Crippen LogP contribution >= 0.6 is 23.5 Å². The van der Waals surface area contributed by atoms with Crippen molar-refractivity contribution in [2.24, 2.45) is 4.99 Å². The number of fused-ring (bicyclic) bond motifs is 1. The van der Waals surface area contributed by atoms with Gasteiger partial charge in [-0.15, -0.1) is 23.5 Å². The summed E-state index contributed by atoms with van der Waals surface area (Å²) in [5, 5.41) is 9.54. The van der Waals surface area contributed by atoms with Gasteiger partial charge in [0.1, 0.15) is 0 Å². The lowest BCUT2D eigenvalue weighted by molar-refractivity contribution is 0.101. The minimum Gasteiger partial charge on any atom is -0.295 e. The molecular weight excluding hydrogens is 264 g/mol. The molecule has 1 aliphatic heterocycles. The fourth-order valence-corrected chi connectivity index (χ4v) is 3.40. The zero-order chi connectivity index (χ0) is 13.0. The maximum absolute atomic E-state index is 11.3. The Bertz CT molecular complexity index is 546. The van der Waals surface area contributed by atoms with Gasteiger partial charge in [-0.1, -0.05) is 6.07 Å². The second-order valence-corrected chi connectivity index (χ2v) is 5.97. The molecule has 0 saturated heterocycles. The minimum atomic E-state index is 0.0576. The zero-order valence-electron chi connectivity index (χ0n) is 9.97. The zero-order valence-corrected chi connectivity index (χ0v) is 11.6. The number of carbonyl (C=O) groups is 1. The summed E-state index contributed by atoms with van der Waals surface area (Å²) in [5.41, 5.74) is 1.57. The lowest BCUT2D eigenvalue weighted by Gasteiger charge is -2.14. The van der Waals surface area contributed by atoms with Gasteiger partial charge in [-0.3, -0.25) is 4.79 Å². The first-order valence-electron chi connectivity index (χ1n) is 5.56. The first-order valence-corrected chi connectivity index (χ1v) is 7.53. The van der Waals surface area contributed by atoms with Crippen LogP contribution in [0.5, 0.6) is 0 Å². The van der Waals surface area contributed by atoms with Gasteiger partial charge in [0.25, 0.3) is 0 Å². The molecule has 1 aliphatic rings. The highest BCUT2D eigenvalue weighted by molar-refractivity contribution is 8.16. The van der Waals surface area contributed by atoms with Crippen molar-refractivity contribution in [1.82, 2.24) is 0 Å². The topological polar surface area (TPSA) is 53.2 Å². The smallest absolute Gasteiger partial charge is 0.159 e. The van der Waals surface area contributed by atoms with Crippen LogP contribution in [0.2, 0.25) is 0 Å². The van der Waals surface area contributed by atoms with Gasteiger partial charge in [0.2, 0.25) is 0 Å². The third kappa shape index (κ3) is 3.15. The third-order valence-corrected chi connectivity index (χ3v) is 4.68. The van der Waals surface area contributed by atoms with Crippen LogP contribution in [-0.4, -0.2) is 22.3 Å². The number of nitriles is 1. The first kappa shape index (κ1) is 13.2. The molecule has 0 fully saturated rings. The Labute approximate surface area is 115 Å². The quantitative estimate of drug-likeness (QED) is 0.624. The van der Waals surface area contributed by atoms with Gasteiger partial charge >= 0.3 is 0 Å². The Kier molecular flexibility index (Phi) is 4.45. The number of Topliss-reactive ketones (excluding diaryl/α,β-unsaturated/α-hetero) is 1. The van der Waals surface area contributed by atoms with Crippen molar-refractivity contribution in [2.75, 3.05) is 11.5 Å². The molecule has 0 aromatic heterocycles. The van der Waals surface area contributed by atoms with E-state index in [4.69, 9.17) is 5.26 Å². The van der Waals surface area contributed by atoms with Gasteiger partial charge in [-0.05, 0) is 19.1 Å². The van der Waals surface area contributed by atoms with Crippen molar-refractivity contribution >= 4 is 40.0 Å². The van der Waals surface area contributed by atoms with E-state index in [1.165, 1.54) is 0 Å². The summed E-state index contributed by atoms with van der Waals surface area (Å²) in [4.78, 5) is 17.0. The van der Waals surface area contributed by atoms with E-state index in [0.717, 1.165) is 27.1 Å². The number of hydrogen-bond donors (Lipinski definition) is 0. The molecule has 0 saturated carbocycles. The fraction of sp³-hybridized carbons (Fsp3) is 0.308. The van der Waals surface area contributed by atoms with Crippen LogP contribution in [0.3, 0.4) is 0 Å². The van der Waals surface area contributed by atoms with Crippen LogP contribution in [0.15, 0.2) is 28.1 Å². The molecule has 0 spiro atoms. The molecule has 1 heterocycles. The second kappa shape index (κ2) is 6.07. The van der Waals surface area contributed by atoms with E-state index in [2.05, 4.69) is 11.1 Å². The van der Waals surface area contributed by atoms with E-state index >= 15 is 0 Å². The Balaban J connectivity index is 2.18. The molecule has 92 valence electrons. The van der Waals surface area contributed by atoms with Crippen LogP contribution in [0, 0.1) is 11.3 Å². The Morgan fingerprint density at radius 1 is 1.61 bits per heavy atom. The number of aliphatic imine (C=N–C) groups is 1. The molecule has 5 heteroatoms. The minimum absolute atomic E-state index is 0.0576. The van der Waals surface area contributed by atoms with Crippen molar-refractivity contribution in [3.63, 3.8) is 0 Å². The van der Waals surface area contributed by atoms with Gasteiger partial charge in [-0.2, -0.15) is 5.26 Å². The number of carbonyl (C=O) groups excluding carboxylic acids is 1. The molecule has 0 aliphatic carbocycles. The van der Waals surface area contributed by atoms with Crippen LogP contribution in [0.4, 0.5) is 5.69 Å². The molecule has 0 atom stereocenters. The highest BCUT2D eigenvalue weighted by atomic mass is 32.2. The molecule has 1 aromatic rings. The average Bonchev–Trinajstić information content (AvgIpc) is 2.38. The number of rotatable bonds is 3. The number of ketones is 1. The van der Waals surface area contributed by atoms with Crippen LogP contribution in [0.25, 0.3) is 0 Å². The molecule has 18 heavy (non-hydrogen) atoms. The summed E-state index contributed by atoms with van der Waals surface area (Å²) < 4.78 is 0. The highest BCUT2D eigenvalue weighted by Crippen LogP contribution is 2.36. The molecule has 0 bridgehead atoms. The van der Waals surface area contributed by atoms with Crippen molar-refractivity contribution in [3.8, 4) is 6.07 Å². The molecule has 3 nitrogen and oxygen atoms in total. The number of hydrogen-bond acceptors (Lipinski definition) is 5. The molecule has 0 amide bonds. The normalized spacial score (nSPS) is 13.4. The lowest BCUT2D eigenvalue weighted by atomic mass is 10.1. The summed E-state index contributed by atoms with van der Waals surface area (Å²) in [7, 11) is 0. The molecule has 0 radical (unpaired) electrons.